The van der Waals surface area contributed by atoms with Crippen LogP contribution in [0.5, 0.6) is 0 Å². The van der Waals surface area contributed by atoms with Gasteiger partial charge in [0.2, 0.25) is 0 Å². The Morgan fingerprint density at radius 1 is 1.67 bits per heavy atom. The molecule has 2 unspecified atom stereocenters. The highest BCUT2D eigenvalue weighted by Crippen LogP contribution is 2.23. The van der Waals surface area contributed by atoms with Crippen LogP contribution in [-0.4, -0.2) is 18.9 Å². The fourth-order valence-electron chi connectivity index (χ4n) is 2.01. The van der Waals surface area contributed by atoms with Crippen LogP contribution < -0.4 is 5.32 Å². The molecule has 0 radical (unpaired) electrons. The molecule has 1 fully saturated rings. The maximum atomic E-state index is 12.0. The molecule has 15 heavy (non-hydrogen) atoms. The Hall–Kier alpha value is -0.380. The first kappa shape index (κ1) is 11.1. The number of hydrogen-bond donors (Lipinski definition) is 1. The van der Waals surface area contributed by atoms with Crippen molar-refractivity contribution in [3.63, 3.8) is 0 Å². The summed E-state index contributed by atoms with van der Waals surface area (Å²) in [7, 11) is 0. The van der Waals surface area contributed by atoms with Crippen LogP contribution >= 0.6 is 22.9 Å². The molecular formula is C11H14ClNOS. The van der Waals surface area contributed by atoms with Crippen molar-refractivity contribution in [2.45, 2.75) is 13.3 Å². The maximum Gasteiger partial charge on any atom is 0.141 e. The van der Waals surface area contributed by atoms with Crippen molar-refractivity contribution in [2.24, 2.45) is 11.8 Å². The zero-order chi connectivity index (χ0) is 10.8. The Labute approximate surface area is 98.6 Å². The monoisotopic (exact) mass is 243 g/mol. The highest BCUT2D eigenvalue weighted by Gasteiger charge is 2.29. The van der Waals surface area contributed by atoms with Crippen molar-refractivity contribution < 1.29 is 4.79 Å². The van der Waals surface area contributed by atoms with Crippen molar-refractivity contribution in [1.82, 2.24) is 5.32 Å². The highest BCUT2D eigenvalue weighted by atomic mass is 35.5. The smallest absolute Gasteiger partial charge is 0.141 e. The normalized spacial score (nSPS) is 25.7. The van der Waals surface area contributed by atoms with Crippen molar-refractivity contribution >= 4 is 28.7 Å². The molecule has 2 atom stereocenters. The molecular weight excluding hydrogens is 230 g/mol. The number of ketones is 1. The lowest BCUT2D eigenvalue weighted by Crippen LogP contribution is -2.22. The molecule has 0 saturated carbocycles. The second kappa shape index (κ2) is 4.64. The summed E-state index contributed by atoms with van der Waals surface area (Å²) in [6, 6.07) is 1.89. The van der Waals surface area contributed by atoms with Gasteiger partial charge in [-0.2, -0.15) is 0 Å². The first-order chi connectivity index (χ1) is 7.16. The van der Waals surface area contributed by atoms with Gasteiger partial charge in [-0.3, -0.25) is 4.79 Å². The standard InChI is InChI=1S/C11H14ClNOS/c1-7-4-13-5-9(7)10(14)2-8-3-11(12)15-6-8/h3,6-7,9,13H,2,4-5H2,1H3. The van der Waals surface area contributed by atoms with Gasteiger partial charge in [0.05, 0.1) is 4.34 Å². The maximum absolute atomic E-state index is 12.0. The summed E-state index contributed by atoms with van der Waals surface area (Å²) in [6.07, 6.45) is 0.528. The van der Waals surface area contributed by atoms with Gasteiger partial charge in [-0.1, -0.05) is 18.5 Å². The molecule has 1 saturated heterocycles. The number of carbonyl (C=O) groups is 1. The molecule has 0 amide bonds. The van der Waals surface area contributed by atoms with E-state index in [9.17, 15) is 4.79 Å². The van der Waals surface area contributed by atoms with Crippen molar-refractivity contribution in [3.8, 4) is 0 Å². The molecule has 1 aliphatic heterocycles. The average molecular weight is 244 g/mol. The van der Waals surface area contributed by atoms with Gasteiger partial charge in [0.1, 0.15) is 5.78 Å². The average Bonchev–Trinajstić information content (AvgIpc) is 2.75. The topological polar surface area (TPSA) is 29.1 Å². The van der Waals surface area contributed by atoms with Crippen LogP contribution in [0.1, 0.15) is 12.5 Å². The van der Waals surface area contributed by atoms with Crippen molar-refractivity contribution in [2.75, 3.05) is 13.1 Å². The predicted molar refractivity (Wildman–Crippen MR) is 63.6 cm³/mol. The van der Waals surface area contributed by atoms with Gasteiger partial charge in [-0.25, -0.2) is 0 Å². The molecule has 0 aliphatic carbocycles. The number of Topliss-reactive ketones (excluding diaryl/α,β-unsaturated/α-hetero) is 1. The number of nitrogens with one attached hydrogen (secondary N) is 1. The molecule has 2 nitrogen and oxygen atoms in total. The van der Waals surface area contributed by atoms with E-state index in [0.717, 1.165) is 23.0 Å². The van der Waals surface area contributed by atoms with Gasteiger partial charge in [0, 0.05) is 18.9 Å². The zero-order valence-electron chi connectivity index (χ0n) is 8.63. The van der Waals surface area contributed by atoms with Crippen LogP contribution in [0, 0.1) is 11.8 Å². The highest BCUT2D eigenvalue weighted by molar-refractivity contribution is 7.14. The van der Waals surface area contributed by atoms with E-state index < -0.39 is 0 Å². The first-order valence-electron chi connectivity index (χ1n) is 5.13. The van der Waals surface area contributed by atoms with Crippen LogP contribution in [0.4, 0.5) is 0 Å². The molecule has 2 heterocycles. The molecule has 0 aromatic carbocycles. The van der Waals surface area contributed by atoms with E-state index in [4.69, 9.17) is 11.6 Å². The van der Waals surface area contributed by atoms with E-state index >= 15 is 0 Å². The van der Waals surface area contributed by atoms with E-state index in [1.54, 1.807) is 0 Å². The van der Waals surface area contributed by atoms with Crippen LogP contribution in [-0.2, 0) is 11.2 Å². The second-order valence-corrected chi connectivity index (χ2v) is 5.69. The molecule has 0 spiro atoms. The number of carbonyl (C=O) groups excluding carboxylic acids is 1. The second-order valence-electron chi connectivity index (χ2n) is 4.14. The van der Waals surface area contributed by atoms with Crippen LogP contribution in [0.15, 0.2) is 11.4 Å². The number of halogens is 1. The zero-order valence-corrected chi connectivity index (χ0v) is 10.2. The molecule has 1 N–H and O–H groups in total. The lowest BCUT2D eigenvalue weighted by atomic mass is 9.91. The van der Waals surface area contributed by atoms with Gasteiger partial charge in [-0.15, -0.1) is 11.3 Å². The number of thiophene rings is 1. The summed E-state index contributed by atoms with van der Waals surface area (Å²) in [4.78, 5) is 12.0. The number of rotatable bonds is 3. The fourth-order valence-corrected chi connectivity index (χ4v) is 2.92. The van der Waals surface area contributed by atoms with E-state index in [0.29, 0.717) is 18.1 Å². The Morgan fingerprint density at radius 2 is 2.47 bits per heavy atom. The lowest BCUT2D eigenvalue weighted by Gasteiger charge is -2.11. The minimum Gasteiger partial charge on any atom is -0.316 e. The summed E-state index contributed by atoms with van der Waals surface area (Å²) >= 11 is 7.31. The fraction of sp³-hybridized carbons (Fsp3) is 0.545. The van der Waals surface area contributed by atoms with Crippen LogP contribution in [0.25, 0.3) is 0 Å². The Bertz CT molecular complexity index is 363. The molecule has 4 heteroatoms. The predicted octanol–water partition coefficient (Wildman–Crippen LogP) is 2.37. The molecule has 1 aromatic heterocycles. The van der Waals surface area contributed by atoms with E-state index in [-0.39, 0.29) is 5.92 Å². The molecule has 0 bridgehead atoms. The van der Waals surface area contributed by atoms with E-state index in [2.05, 4.69) is 12.2 Å². The lowest BCUT2D eigenvalue weighted by molar-refractivity contribution is -0.122. The summed E-state index contributed by atoms with van der Waals surface area (Å²) < 4.78 is 0.760. The summed E-state index contributed by atoms with van der Waals surface area (Å²) in [6.45, 7) is 3.92. The number of hydrogen-bond acceptors (Lipinski definition) is 3. The third-order valence-corrected chi connectivity index (χ3v) is 4.07. The molecule has 82 valence electrons. The first-order valence-corrected chi connectivity index (χ1v) is 6.39. The molecule has 1 aliphatic rings. The van der Waals surface area contributed by atoms with E-state index in [1.807, 2.05) is 11.4 Å². The van der Waals surface area contributed by atoms with Gasteiger partial charge < -0.3 is 5.32 Å². The Kier molecular flexibility index (Phi) is 3.44. The Balaban J connectivity index is 1.97. The summed E-state index contributed by atoms with van der Waals surface area (Å²) in [5.74, 6) is 0.984. The summed E-state index contributed by atoms with van der Waals surface area (Å²) in [5.41, 5.74) is 1.05. The third-order valence-electron chi connectivity index (χ3n) is 2.93. The molecule has 2 rings (SSSR count). The van der Waals surface area contributed by atoms with Crippen LogP contribution in [0.3, 0.4) is 0 Å². The quantitative estimate of drug-likeness (QED) is 0.883. The van der Waals surface area contributed by atoms with E-state index in [1.165, 1.54) is 11.3 Å². The minimum absolute atomic E-state index is 0.184. The SMILES string of the molecule is CC1CNCC1C(=O)Cc1csc(Cl)c1. The van der Waals surface area contributed by atoms with Crippen LogP contribution in [0.2, 0.25) is 4.34 Å². The van der Waals surface area contributed by atoms with Crippen molar-refractivity contribution in [3.05, 3.63) is 21.3 Å². The van der Waals surface area contributed by atoms with Gasteiger partial charge in [0.15, 0.2) is 0 Å². The van der Waals surface area contributed by atoms with Gasteiger partial charge in [0.25, 0.3) is 0 Å². The molecule has 1 aromatic rings. The van der Waals surface area contributed by atoms with Gasteiger partial charge >= 0.3 is 0 Å². The largest absolute Gasteiger partial charge is 0.316 e. The van der Waals surface area contributed by atoms with Crippen molar-refractivity contribution in [1.29, 1.82) is 0 Å². The van der Waals surface area contributed by atoms with Gasteiger partial charge in [-0.05, 0) is 29.5 Å². The summed E-state index contributed by atoms with van der Waals surface area (Å²) in [5, 5.41) is 5.22. The Morgan fingerprint density at radius 3 is 3.00 bits per heavy atom. The minimum atomic E-state index is 0.184. The third kappa shape index (κ3) is 2.60.